The first-order valence-corrected chi connectivity index (χ1v) is 9.46. The maximum Gasteiger partial charge on any atom is 0.0465 e. The summed E-state index contributed by atoms with van der Waals surface area (Å²) in [6.07, 6.45) is 0. The SMILES string of the molecule is c1ccc(Nc2ccc(Nc3ccccc3)c3cc4ccccc4cc23)cc1. The predicted octanol–water partition coefficient (Wildman–Crippen LogP) is 7.48. The third kappa shape index (κ3) is 3.17. The van der Waals surface area contributed by atoms with E-state index in [0.29, 0.717) is 0 Å². The molecule has 0 unspecified atom stereocenters. The largest absolute Gasteiger partial charge is 0.355 e. The third-order valence-corrected chi connectivity index (χ3v) is 4.99. The van der Waals surface area contributed by atoms with Crippen molar-refractivity contribution in [3.05, 3.63) is 109 Å². The van der Waals surface area contributed by atoms with Gasteiger partial charge in [-0.25, -0.2) is 0 Å². The number of benzene rings is 5. The van der Waals surface area contributed by atoms with Crippen LogP contribution < -0.4 is 10.6 Å². The van der Waals surface area contributed by atoms with E-state index < -0.39 is 0 Å². The highest BCUT2D eigenvalue weighted by atomic mass is 14.9. The molecule has 134 valence electrons. The van der Waals surface area contributed by atoms with Gasteiger partial charge in [0.1, 0.15) is 0 Å². The van der Waals surface area contributed by atoms with Crippen molar-refractivity contribution < 1.29 is 0 Å². The quantitative estimate of drug-likeness (QED) is 0.325. The zero-order valence-corrected chi connectivity index (χ0v) is 15.4. The Balaban J connectivity index is 1.68. The molecule has 5 aromatic carbocycles. The second-order valence-corrected chi connectivity index (χ2v) is 6.89. The van der Waals surface area contributed by atoms with Crippen LogP contribution in [0.4, 0.5) is 22.7 Å². The molecular formula is C26H20N2. The van der Waals surface area contributed by atoms with Crippen molar-refractivity contribution in [2.45, 2.75) is 0 Å². The van der Waals surface area contributed by atoms with Gasteiger partial charge < -0.3 is 10.6 Å². The van der Waals surface area contributed by atoms with Gasteiger partial charge in [-0.15, -0.1) is 0 Å². The molecule has 0 fully saturated rings. The monoisotopic (exact) mass is 360 g/mol. The molecule has 0 bridgehead atoms. The van der Waals surface area contributed by atoms with E-state index >= 15 is 0 Å². The van der Waals surface area contributed by atoms with Gasteiger partial charge >= 0.3 is 0 Å². The highest BCUT2D eigenvalue weighted by Gasteiger charge is 2.09. The van der Waals surface area contributed by atoms with Crippen molar-refractivity contribution in [2.75, 3.05) is 10.6 Å². The Morgan fingerprint density at radius 2 is 0.786 bits per heavy atom. The van der Waals surface area contributed by atoms with Crippen LogP contribution in [0.3, 0.4) is 0 Å². The van der Waals surface area contributed by atoms with Gasteiger partial charge in [-0.2, -0.15) is 0 Å². The molecular weight excluding hydrogens is 340 g/mol. The summed E-state index contributed by atoms with van der Waals surface area (Å²) in [7, 11) is 0. The van der Waals surface area contributed by atoms with Gasteiger partial charge in [0.15, 0.2) is 0 Å². The zero-order chi connectivity index (χ0) is 18.8. The molecule has 2 nitrogen and oxygen atoms in total. The summed E-state index contributed by atoms with van der Waals surface area (Å²) in [5.74, 6) is 0. The maximum atomic E-state index is 3.57. The molecule has 0 aromatic heterocycles. The van der Waals surface area contributed by atoms with Crippen molar-refractivity contribution in [1.82, 2.24) is 0 Å². The molecule has 0 saturated heterocycles. The number of anilines is 4. The fourth-order valence-electron chi connectivity index (χ4n) is 3.60. The molecule has 0 aliphatic heterocycles. The molecule has 5 aromatic rings. The molecule has 0 saturated carbocycles. The number of rotatable bonds is 4. The number of nitrogens with one attached hydrogen (secondary N) is 2. The number of hydrogen-bond donors (Lipinski definition) is 2. The number of fused-ring (bicyclic) bond motifs is 2. The summed E-state index contributed by atoms with van der Waals surface area (Å²) >= 11 is 0. The van der Waals surface area contributed by atoms with E-state index in [1.165, 1.54) is 21.5 Å². The summed E-state index contributed by atoms with van der Waals surface area (Å²) in [4.78, 5) is 0. The molecule has 0 aliphatic rings. The van der Waals surface area contributed by atoms with E-state index in [4.69, 9.17) is 0 Å². The molecule has 0 atom stereocenters. The van der Waals surface area contributed by atoms with Crippen LogP contribution >= 0.6 is 0 Å². The van der Waals surface area contributed by atoms with Crippen molar-refractivity contribution in [2.24, 2.45) is 0 Å². The molecule has 5 rings (SSSR count). The highest BCUT2D eigenvalue weighted by molar-refractivity contribution is 6.10. The lowest BCUT2D eigenvalue weighted by Gasteiger charge is -2.16. The van der Waals surface area contributed by atoms with Crippen LogP contribution in [0.25, 0.3) is 21.5 Å². The Hall–Kier alpha value is -3.78. The highest BCUT2D eigenvalue weighted by Crippen LogP contribution is 2.36. The van der Waals surface area contributed by atoms with Gasteiger partial charge in [0, 0.05) is 33.5 Å². The van der Waals surface area contributed by atoms with Gasteiger partial charge in [-0.3, -0.25) is 0 Å². The number of hydrogen-bond acceptors (Lipinski definition) is 2. The van der Waals surface area contributed by atoms with Crippen LogP contribution in [-0.2, 0) is 0 Å². The molecule has 2 heteroatoms. The fourth-order valence-corrected chi connectivity index (χ4v) is 3.60. The lowest BCUT2D eigenvalue weighted by Crippen LogP contribution is -1.95. The maximum absolute atomic E-state index is 3.57. The first kappa shape index (κ1) is 16.4. The number of para-hydroxylation sites is 2. The molecule has 0 heterocycles. The van der Waals surface area contributed by atoms with Crippen molar-refractivity contribution in [1.29, 1.82) is 0 Å². The van der Waals surface area contributed by atoms with Crippen LogP contribution in [0.2, 0.25) is 0 Å². The Kier molecular flexibility index (Phi) is 4.15. The summed E-state index contributed by atoms with van der Waals surface area (Å²) in [5.41, 5.74) is 4.37. The van der Waals surface area contributed by atoms with Gasteiger partial charge in [-0.05, 0) is 59.3 Å². The predicted molar refractivity (Wildman–Crippen MR) is 121 cm³/mol. The summed E-state index contributed by atoms with van der Waals surface area (Å²) in [6.45, 7) is 0. The van der Waals surface area contributed by atoms with Crippen LogP contribution in [-0.4, -0.2) is 0 Å². The van der Waals surface area contributed by atoms with E-state index in [-0.39, 0.29) is 0 Å². The van der Waals surface area contributed by atoms with E-state index in [0.717, 1.165) is 22.7 Å². The fraction of sp³-hybridized carbons (Fsp3) is 0. The van der Waals surface area contributed by atoms with Crippen LogP contribution in [0.15, 0.2) is 109 Å². The molecule has 0 spiro atoms. The Morgan fingerprint density at radius 1 is 0.393 bits per heavy atom. The van der Waals surface area contributed by atoms with E-state index in [1.807, 2.05) is 36.4 Å². The second-order valence-electron chi connectivity index (χ2n) is 6.89. The lowest BCUT2D eigenvalue weighted by molar-refractivity contribution is 1.55. The minimum atomic E-state index is 1.08. The Morgan fingerprint density at radius 3 is 1.21 bits per heavy atom. The van der Waals surface area contributed by atoms with Crippen molar-refractivity contribution in [3.63, 3.8) is 0 Å². The third-order valence-electron chi connectivity index (χ3n) is 4.99. The lowest BCUT2D eigenvalue weighted by atomic mass is 10.0. The molecule has 0 aliphatic carbocycles. The van der Waals surface area contributed by atoms with Crippen LogP contribution in [0, 0.1) is 0 Å². The molecule has 2 N–H and O–H groups in total. The first-order chi connectivity index (χ1) is 13.9. The van der Waals surface area contributed by atoms with Gasteiger partial charge in [0.05, 0.1) is 0 Å². The van der Waals surface area contributed by atoms with E-state index in [1.54, 1.807) is 0 Å². The van der Waals surface area contributed by atoms with Crippen molar-refractivity contribution in [3.8, 4) is 0 Å². The van der Waals surface area contributed by atoms with Crippen LogP contribution in [0.5, 0.6) is 0 Å². The first-order valence-electron chi connectivity index (χ1n) is 9.46. The Bertz CT molecular complexity index is 1150. The van der Waals surface area contributed by atoms with Crippen LogP contribution in [0.1, 0.15) is 0 Å². The topological polar surface area (TPSA) is 24.1 Å². The molecule has 0 radical (unpaired) electrons. The second kappa shape index (κ2) is 7.09. The van der Waals surface area contributed by atoms with E-state index in [9.17, 15) is 0 Å². The van der Waals surface area contributed by atoms with Crippen molar-refractivity contribution >= 4 is 44.3 Å². The summed E-state index contributed by atoms with van der Waals surface area (Å²) < 4.78 is 0. The van der Waals surface area contributed by atoms with Gasteiger partial charge in [-0.1, -0.05) is 60.7 Å². The minimum absolute atomic E-state index is 1.08. The van der Waals surface area contributed by atoms with E-state index in [2.05, 4.69) is 83.4 Å². The average molecular weight is 360 g/mol. The minimum Gasteiger partial charge on any atom is -0.355 e. The zero-order valence-electron chi connectivity index (χ0n) is 15.4. The normalized spacial score (nSPS) is 10.9. The van der Waals surface area contributed by atoms with Gasteiger partial charge in [0.25, 0.3) is 0 Å². The summed E-state index contributed by atoms with van der Waals surface area (Å²) in [5, 5.41) is 12.0. The summed E-state index contributed by atoms with van der Waals surface area (Å²) in [6, 6.07) is 37.9. The molecule has 0 amide bonds. The molecule has 28 heavy (non-hydrogen) atoms. The smallest absolute Gasteiger partial charge is 0.0465 e. The Labute approximate surface area is 164 Å². The average Bonchev–Trinajstić information content (AvgIpc) is 2.76. The standard InChI is InChI=1S/C26H20N2/c1-3-11-21(12-4-1)27-25-15-16-26(28-22-13-5-2-6-14-22)24-18-20-10-8-7-9-19(20)17-23(24)25/h1-18,27-28H. The van der Waals surface area contributed by atoms with Gasteiger partial charge in [0.2, 0.25) is 0 Å².